The van der Waals surface area contributed by atoms with Gasteiger partial charge in [0.2, 0.25) is 0 Å². The molecular formula is C61H46N2. The average molecular weight is 807 g/mol. The van der Waals surface area contributed by atoms with Gasteiger partial charge in [-0.25, -0.2) is 0 Å². The number of anilines is 6. The summed E-state index contributed by atoms with van der Waals surface area (Å²) in [5.74, 6) is 0. The summed E-state index contributed by atoms with van der Waals surface area (Å²) in [4.78, 5) is 4.68. The Morgan fingerprint density at radius 2 is 0.492 bits per heavy atom. The van der Waals surface area contributed by atoms with Crippen LogP contribution >= 0.6 is 0 Å². The molecule has 63 heavy (non-hydrogen) atoms. The minimum absolute atomic E-state index is 0.934. The summed E-state index contributed by atoms with van der Waals surface area (Å²) in [5.41, 5.74) is 18.6. The molecule has 9 aromatic carbocycles. The van der Waals surface area contributed by atoms with Crippen LogP contribution in [0.2, 0.25) is 0 Å². The molecule has 0 aliphatic heterocycles. The first kappa shape index (κ1) is 39.0. The van der Waals surface area contributed by atoms with E-state index in [9.17, 15) is 0 Å². The van der Waals surface area contributed by atoms with Crippen molar-refractivity contribution in [1.82, 2.24) is 0 Å². The molecule has 0 heterocycles. The first-order valence-corrected chi connectivity index (χ1v) is 21.6. The number of hydrogen-bond donors (Lipinski definition) is 0. The van der Waals surface area contributed by atoms with Crippen molar-refractivity contribution in [2.45, 2.75) is 6.42 Å². The summed E-state index contributed by atoms with van der Waals surface area (Å²) in [6, 6.07) is 85.1. The Morgan fingerprint density at radius 1 is 0.238 bits per heavy atom. The number of benzene rings is 9. The van der Waals surface area contributed by atoms with Crippen molar-refractivity contribution in [3.05, 3.63) is 273 Å². The first-order chi connectivity index (χ1) is 31.2. The molecule has 2 heteroatoms. The Hall–Kier alpha value is -8.20. The van der Waals surface area contributed by atoms with Gasteiger partial charge in [0.15, 0.2) is 0 Å². The predicted molar refractivity (Wildman–Crippen MR) is 268 cm³/mol. The third kappa shape index (κ3) is 8.70. The molecule has 0 radical (unpaired) electrons. The summed E-state index contributed by atoms with van der Waals surface area (Å²) < 4.78 is 0. The van der Waals surface area contributed by atoms with Gasteiger partial charge in [-0.05, 0) is 135 Å². The molecule has 0 saturated heterocycles. The molecule has 0 aromatic heterocycles. The number of hydrogen-bond acceptors (Lipinski definition) is 2. The van der Waals surface area contributed by atoms with Gasteiger partial charge in [0.1, 0.15) is 0 Å². The van der Waals surface area contributed by atoms with Crippen molar-refractivity contribution in [1.29, 1.82) is 0 Å². The minimum Gasteiger partial charge on any atom is -0.311 e. The third-order valence-electron chi connectivity index (χ3n) is 11.7. The van der Waals surface area contributed by atoms with Crippen molar-refractivity contribution >= 4 is 39.7 Å². The zero-order chi connectivity index (χ0) is 42.2. The molecular weight excluding hydrogens is 761 g/mol. The number of nitrogens with zero attached hydrogens (tertiary/aromatic N) is 2. The fraction of sp³-hybridized carbons (Fsp3) is 0.0164. The Labute approximate surface area is 371 Å². The van der Waals surface area contributed by atoms with E-state index in [2.05, 4.69) is 277 Å². The molecule has 0 unspecified atom stereocenters. The standard InChI is InChI=1S/C61H46N2/c1-2-7-15-46(14-6-1)50-22-34-56(35-23-50)62(57-36-24-51(25-37-57)47-16-8-3-9-17-47)60-42-30-54(31-43-60)55-32-44-61(45-33-55)63(58-38-26-52(27-39-58)48-18-10-4-11-19-48)59-40-28-53(29-41-59)49-20-12-5-13-21-49/h1-6,8-45H,7H2. The van der Waals surface area contributed by atoms with E-state index in [0.717, 1.165) is 51.7 Å². The van der Waals surface area contributed by atoms with Gasteiger partial charge in [0, 0.05) is 34.1 Å². The summed E-state index contributed by atoms with van der Waals surface area (Å²) in [6.45, 7) is 0. The van der Waals surface area contributed by atoms with Crippen LogP contribution in [-0.2, 0) is 0 Å². The number of rotatable bonds is 11. The molecule has 0 fully saturated rings. The second-order valence-corrected chi connectivity index (χ2v) is 15.7. The maximum atomic E-state index is 2.34. The zero-order valence-electron chi connectivity index (χ0n) is 35.0. The highest BCUT2D eigenvalue weighted by Gasteiger charge is 2.16. The van der Waals surface area contributed by atoms with Gasteiger partial charge in [-0.3, -0.25) is 0 Å². The fourth-order valence-electron chi connectivity index (χ4n) is 8.40. The Bertz CT molecular complexity index is 2900. The SMILES string of the molecule is C1=CCC=C(c2ccc(N(c3ccc(-c4ccccc4)cc3)c3ccc(-c4ccc(N(c5ccc(-c6ccccc6)cc5)c5ccc(-c6ccccc6)cc5)cc4)cc3)cc2)C=C1. The van der Waals surface area contributed by atoms with Crippen LogP contribution in [0.4, 0.5) is 34.1 Å². The van der Waals surface area contributed by atoms with Crippen LogP contribution in [0.25, 0.3) is 50.1 Å². The Balaban J connectivity index is 0.957. The van der Waals surface area contributed by atoms with Crippen molar-refractivity contribution in [2.75, 3.05) is 9.80 Å². The molecule has 1 aliphatic rings. The average Bonchev–Trinajstić information content (AvgIpc) is 3.67. The van der Waals surface area contributed by atoms with E-state index >= 15 is 0 Å². The molecule has 300 valence electrons. The number of allylic oxidation sites excluding steroid dienone is 6. The van der Waals surface area contributed by atoms with Crippen LogP contribution < -0.4 is 9.80 Å². The summed E-state index contributed by atoms with van der Waals surface area (Å²) in [6.07, 6.45) is 11.8. The largest absolute Gasteiger partial charge is 0.311 e. The molecule has 0 N–H and O–H groups in total. The van der Waals surface area contributed by atoms with E-state index in [1.807, 2.05) is 0 Å². The molecule has 0 bridgehead atoms. The summed E-state index contributed by atoms with van der Waals surface area (Å²) >= 11 is 0. The normalized spacial score (nSPS) is 12.0. The topological polar surface area (TPSA) is 6.48 Å². The lowest BCUT2D eigenvalue weighted by Crippen LogP contribution is -2.10. The van der Waals surface area contributed by atoms with Crippen LogP contribution in [0, 0.1) is 0 Å². The van der Waals surface area contributed by atoms with Gasteiger partial charge in [-0.15, -0.1) is 0 Å². The fourth-order valence-corrected chi connectivity index (χ4v) is 8.40. The predicted octanol–water partition coefficient (Wildman–Crippen LogP) is 17.2. The van der Waals surface area contributed by atoms with E-state index in [0.29, 0.717) is 0 Å². The van der Waals surface area contributed by atoms with Crippen molar-refractivity contribution in [3.8, 4) is 44.5 Å². The molecule has 2 nitrogen and oxygen atoms in total. The highest BCUT2D eigenvalue weighted by molar-refractivity contribution is 5.84. The lowest BCUT2D eigenvalue weighted by molar-refractivity contribution is 1.28. The molecule has 0 atom stereocenters. The lowest BCUT2D eigenvalue weighted by Gasteiger charge is -2.27. The quantitative estimate of drug-likeness (QED) is 0.128. The molecule has 0 amide bonds. The highest BCUT2D eigenvalue weighted by atomic mass is 15.1. The van der Waals surface area contributed by atoms with Crippen molar-refractivity contribution < 1.29 is 0 Å². The minimum atomic E-state index is 0.934. The van der Waals surface area contributed by atoms with Gasteiger partial charge in [-0.1, -0.05) is 194 Å². The second kappa shape index (κ2) is 18.2. The van der Waals surface area contributed by atoms with Crippen LogP contribution in [0.3, 0.4) is 0 Å². The Kier molecular flexibility index (Phi) is 11.3. The van der Waals surface area contributed by atoms with E-state index in [1.165, 1.54) is 44.5 Å². The monoisotopic (exact) mass is 806 g/mol. The van der Waals surface area contributed by atoms with Crippen LogP contribution in [-0.4, -0.2) is 0 Å². The highest BCUT2D eigenvalue weighted by Crippen LogP contribution is 2.40. The van der Waals surface area contributed by atoms with Crippen molar-refractivity contribution in [3.63, 3.8) is 0 Å². The van der Waals surface area contributed by atoms with Gasteiger partial charge >= 0.3 is 0 Å². The van der Waals surface area contributed by atoms with Crippen LogP contribution in [0.15, 0.2) is 267 Å². The lowest BCUT2D eigenvalue weighted by atomic mass is 10.0. The summed E-state index contributed by atoms with van der Waals surface area (Å²) in [5, 5.41) is 0. The van der Waals surface area contributed by atoms with Crippen molar-refractivity contribution in [2.24, 2.45) is 0 Å². The smallest absolute Gasteiger partial charge is 0.0462 e. The molecule has 1 aliphatic carbocycles. The van der Waals surface area contributed by atoms with E-state index < -0.39 is 0 Å². The van der Waals surface area contributed by atoms with Gasteiger partial charge in [0.25, 0.3) is 0 Å². The maximum absolute atomic E-state index is 2.34. The second-order valence-electron chi connectivity index (χ2n) is 15.7. The molecule has 0 spiro atoms. The van der Waals surface area contributed by atoms with Crippen LogP contribution in [0.1, 0.15) is 12.0 Å². The van der Waals surface area contributed by atoms with E-state index in [-0.39, 0.29) is 0 Å². The zero-order valence-corrected chi connectivity index (χ0v) is 35.0. The van der Waals surface area contributed by atoms with Gasteiger partial charge in [0.05, 0.1) is 0 Å². The molecule has 9 aromatic rings. The van der Waals surface area contributed by atoms with E-state index in [1.54, 1.807) is 0 Å². The maximum Gasteiger partial charge on any atom is 0.0462 e. The van der Waals surface area contributed by atoms with Gasteiger partial charge in [-0.2, -0.15) is 0 Å². The molecule has 10 rings (SSSR count). The first-order valence-electron chi connectivity index (χ1n) is 21.6. The van der Waals surface area contributed by atoms with Crippen LogP contribution in [0.5, 0.6) is 0 Å². The Morgan fingerprint density at radius 3 is 0.778 bits per heavy atom. The summed E-state index contributed by atoms with van der Waals surface area (Å²) in [7, 11) is 0. The van der Waals surface area contributed by atoms with E-state index in [4.69, 9.17) is 0 Å². The van der Waals surface area contributed by atoms with Gasteiger partial charge < -0.3 is 9.80 Å². The third-order valence-corrected chi connectivity index (χ3v) is 11.7. The molecule has 0 saturated carbocycles.